The van der Waals surface area contributed by atoms with Crippen LogP contribution in [0.5, 0.6) is 0 Å². The molecule has 1 N–H and O–H groups in total. The number of aryl methyl sites for hydroxylation is 1. The molecule has 0 aliphatic carbocycles. The van der Waals surface area contributed by atoms with Crippen LogP contribution in [-0.2, 0) is 13.0 Å². The maximum atomic E-state index is 12.8. The lowest BCUT2D eigenvalue weighted by molar-refractivity contribution is 0.0989. The predicted octanol–water partition coefficient (Wildman–Crippen LogP) is 2.98. The molecule has 1 aromatic carbocycles. The Labute approximate surface area is 152 Å². The highest BCUT2D eigenvalue weighted by Gasteiger charge is 2.25. The molecule has 0 radical (unpaired) electrons. The zero-order chi connectivity index (χ0) is 17.8. The highest BCUT2D eigenvalue weighted by molar-refractivity contribution is 6.07. The minimum atomic E-state index is 0.00711. The molecule has 0 unspecified atom stereocenters. The Morgan fingerprint density at radius 1 is 1.15 bits per heavy atom. The number of rotatable bonds is 6. The Hall–Kier alpha value is -3.15. The Bertz CT molecular complexity index is 873. The first kappa shape index (κ1) is 16.3. The summed E-state index contributed by atoms with van der Waals surface area (Å²) in [6.45, 7) is 2.40. The van der Waals surface area contributed by atoms with Gasteiger partial charge in [-0.15, -0.1) is 0 Å². The quantitative estimate of drug-likeness (QED) is 0.696. The number of anilines is 2. The third kappa shape index (κ3) is 3.44. The number of para-hydroxylation sites is 1. The molecular weight excluding hydrogens is 326 g/mol. The molecule has 6 nitrogen and oxygen atoms in total. The van der Waals surface area contributed by atoms with Gasteiger partial charge in [0.2, 0.25) is 0 Å². The fourth-order valence-electron chi connectivity index (χ4n) is 3.22. The number of pyridine rings is 1. The predicted molar refractivity (Wildman–Crippen MR) is 101 cm³/mol. The average molecular weight is 347 g/mol. The van der Waals surface area contributed by atoms with Crippen LogP contribution in [0.2, 0.25) is 0 Å². The molecule has 4 rings (SSSR count). The van der Waals surface area contributed by atoms with Crippen LogP contribution in [0.15, 0.2) is 61.1 Å². The third-order valence-corrected chi connectivity index (χ3v) is 4.57. The molecule has 0 fully saturated rings. The van der Waals surface area contributed by atoms with Gasteiger partial charge in [0.1, 0.15) is 5.82 Å². The minimum absolute atomic E-state index is 0.00711. The number of carbonyl (C=O) groups is 1. The molecule has 1 aliphatic rings. The largest absolute Gasteiger partial charge is 0.370 e. The molecule has 0 atom stereocenters. The van der Waals surface area contributed by atoms with Crippen molar-refractivity contribution in [2.24, 2.45) is 0 Å². The zero-order valence-electron chi connectivity index (χ0n) is 14.5. The van der Waals surface area contributed by atoms with Gasteiger partial charge in [0.15, 0.2) is 0 Å². The fourth-order valence-corrected chi connectivity index (χ4v) is 3.22. The summed E-state index contributed by atoms with van der Waals surface area (Å²) in [5.41, 5.74) is 2.85. The van der Waals surface area contributed by atoms with Crippen LogP contribution in [0.25, 0.3) is 0 Å². The van der Waals surface area contributed by atoms with Gasteiger partial charge >= 0.3 is 0 Å². The van der Waals surface area contributed by atoms with Crippen LogP contribution in [0.3, 0.4) is 0 Å². The van der Waals surface area contributed by atoms with Gasteiger partial charge < -0.3 is 10.2 Å². The second-order valence-corrected chi connectivity index (χ2v) is 6.32. The molecule has 132 valence electrons. The van der Waals surface area contributed by atoms with E-state index >= 15 is 0 Å². The van der Waals surface area contributed by atoms with Crippen molar-refractivity contribution in [2.45, 2.75) is 19.4 Å². The molecule has 26 heavy (non-hydrogen) atoms. The molecule has 1 amide bonds. The van der Waals surface area contributed by atoms with Gasteiger partial charge in [0.05, 0.1) is 5.56 Å². The van der Waals surface area contributed by atoms with Gasteiger partial charge in [0.25, 0.3) is 5.91 Å². The maximum absolute atomic E-state index is 12.8. The average Bonchev–Trinajstić information content (AvgIpc) is 3.35. The zero-order valence-corrected chi connectivity index (χ0v) is 14.5. The number of nitrogens with zero attached hydrogens (tertiary/aromatic N) is 4. The van der Waals surface area contributed by atoms with Gasteiger partial charge in [0, 0.05) is 43.9 Å². The monoisotopic (exact) mass is 347 g/mol. The number of hydrogen-bond acceptors (Lipinski definition) is 4. The highest BCUT2D eigenvalue weighted by atomic mass is 16.2. The highest BCUT2D eigenvalue weighted by Crippen LogP contribution is 2.28. The van der Waals surface area contributed by atoms with Gasteiger partial charge in [-0.05, 0) is 42.7 Å². The lowest BCUT2D eigenvalue weighted by Gasteiger charge is -2.17. The van der Waals surface area contributed by atoms with E-state index in [9.17, 15) is 4.79 Å². The Morgan fingerprint density at radius 2 is 2.08 bits per heavy atom. The van der Waals surface area contributed by atoms with Crippen molar-refractivity contribution in [2.75, 3.05) is 23.3 Å². The van der Waals surface area contributed by atoms with Crippen molar-refractivity contribution in [3.8, 4) is 0 Å². The van der Waals surface area contributed by atoms with Gasteiger partial charge in [-0.2, -0.15) is 5.10 Å². The van der Waals surface area contributed by atoms with E-state index in [1.807, 2.05) is 52.2 Å². The maximum Gasteiger partial charge on any atom is 0.259 e. The van der Waals surface area contributed by atoms with Crippen molar-refractivity contribution < 1.29 is 4.79 Å². The van der Waals surface area contributed by atoms with Crippen molar-refractivity contribution in [1.82, 2.24) is 14.8 Å². The summed E-state index contributed by atoms with van der Waals surface area (Å²) in [7, 11) is 0. The Balaban J connectivity index is 1.33. The standard InChI is InChI=1S/C20H21N5O/c26-20(25-14-9-16-5-1-2-6-18(16)25)17-7-8-19(22-15-17)21-10-3-12-24-13-4-11-23-24/h1-2,4-8,11,13,15H,3,9-10,12,14H2,(H,21,22). The van der Waals surface area contributed by atoms with E-state index in [0.717, 1.165) is 44.0 Å². The van der Waals surface area contributed by atoms with E-state index in [0.29, 0.717) is 5.56 Å². The Kier molecular flexibility index (Phi) is 4.64. The molecule has 3 aromatic rings. The second-order valence-electron chi connectivity index (χ2n) is 6.32. The fraction of sp³-hybridized carbons (Fsp3) is 0.250. The molecule has 0 spiro atoms. The van der Waals surface area contributed by atoms with Crippen LogP contribution in [-0.4, -0.2) is 33.8 Å². The van der Waals surface area contributed by atoms with Crippen LogP contribution >= 0.6 is 0 Å². The summed E-state index contributed by atoms with van der Waals surface area (Å²) in [4.78, 5) is 19.0. The number of fused-ring (bicyclic) bond motifs is 1. The first-order chi connectivity index (χ1) is 12.8. The van der Waals surface area contributed by atoms with E-state index < -0.39 is 0 Å². The molecular formula is C20H21N5O. The van der Waals surface area contributed by atoms with Crippen molar-refractivity contribution >= 4 is 17.4 Å². The number of aromatic nitrogens is 3. The van der Waals surface area contributed by atoms with Crippen LogP contribution < -0.4 is 10.2 Å². The second kappa shape index (κ2) is 7.39. The molecule has 3 heterocycles. The third-order valence-electron chi connectivity index (χ3n) is 4.57. The SMILES string of the molecule is O=C(c1ccc(NCCCn2cccn2)nc1)N1CCc2ccccc21. The van der Waals surface area contributed by atoms with E-state index in [-0.39, 0.29) is 5.91 Å². The summed E-state index contributed by atoms with van der Waals surface area (Å²) >= 11 is 0. The summed E-state index contributed by atoms with van der Waals surface area (Å²) < 4.78 is 1.91. The van der Waals surface area contributed by atoms with Crippen molar-refractivity contribution in [1.29, 1.82) is 0 Å². The number of nitrogens with one attached hydrogen (secondary N) is 1. The van der Waals surface area contributed by atoms with Crippen LogP contribution in [0, 0.1) is 0 Å². The normalized spacial score (nSPS) is 12.8. The number of carbonyl (C=O) groups excluding carboxylic acids is 1. The molecule has 0 saturated heterocycles. The van der Waals surface area contributed by atoms with Gasteiger partial charge in [-0.25, -0.2) is 4.98 Å². The van der Waals surface area contributed by atoms with Crippen molar-refractivity contribution in [3.05, 3.63) is 72.2 Å². The van der Waals surface area contributed by atoms with Gasteiger partial charge in [-0.1, -0.05) is 18.2 Å². The van der Waals surface area contributed by atoms with E-state index in [1.165, 1.54) is 5.56 Å². The molecule has 1 aliphatic heterocycles. The minimum Gasteiger partial charge on any atom is -0.370 e. The van der Waals surface area contributed by atoms with E-state index in [4.69, 9.17) is 0 Å². The van der Waals surface area contributed by atoms with E-state index in [2.05, 4.69) is 21.5 Å². The summed E-state index contributed by atoms with van der Waals surface area (Å²) in [6.07, 6.45) is 7.25. The van der Waals surface area contributed by atoms with Crippen LogP contribution in [0.4, 0.5) is 11.5 Å². The first-order valence-corrected chi connectivity index (χ1v) is 8.88. The first-order valence-electron chi connectivity index (χ1n) is 8.88. The Morgan fingerprint density at radius 3 is 2.88 bits per heavy atom. The summed E-state index contributed by atoms with van der Waals surface area (Å²) in [5, 5.41) is 7.46. The van der Waals surface area contributed by atoms with E-state index in [1.54, 1.807) is 12.4 Å². The lowest BCUT2D eigenvalue weighted by atomic mass is 10.2. The van der Waals surface area contributed by atoms with Gasteiger partial charge in [-0.3, -0.25) is 9.48 Å². The summed E-state index contributed by atoms with van der Waals surface area (Å²) in [6, 6.07) is 13.7. The summed E-state index contributed by atoms with van der Waals surface area (Å²) in [5.74, 6) is 0.788. The van der Waals surface area contributed by atoms with Crippen molar-refractivity contribution in [3.63, 3.8) is 0 Å². The molecule has 6 heteroatoms. The molecule has 0 saturated carbocycles. The number of benzene rings is 1. The molecule has 2 aromatic heterocycles. The topological polar surface area (TPSA) is 63.1 Å². The van der Waals surface area contributed by atoms with Crippen LogP contribution in [0.1, 0.15) is 22.3 Å². The number of hydrogen-bond donors (Lipinski definition) is 1. The lowest BCUT2D eigenvalue weighted by Crippen LogP contribution is -2.28. The molecule has 0 bridgehead atoms. The smallest absolute Gasteiger partial charge is 0.259 e. The number of amides is 1.